The summed E-state index contributed by atoms with van der Waals surface area (Å²) in [5, 5.41) is 7.67. The molecule has 82 valence electrons. The lowest BCUT2D eigenvalue weighted by atomic mass is 10.0. The van der Waals surface area contributed by atoms with Crippen molar-refractivity contribution in [2.24, 2.45) is 0 Å². The highest BCUT2D eigenvalue weighted by Gasteiger charge is 2.27. The molecule has 3 rings (SSSR count). The van der Waals surface area contributed by atoms with Gasteiger partial charge in [0.1, 0.15) is 5.76 Å². The van der Waals surface area contributed by atoms with Gasteiger partial charge in [0, 0.05) is 24.4 Å². The third kappa shape index (κ3) is 2.23. The molecule has 2 aliphatic rings. The van der Waals surface area contributed by atoms with E-state index in [9.17, 15) is 0 Å². The van der Waals surface area contributed by atoms with Gasteiger partial charge in [-0.3, -0.25) is 0 Å². The van der Waals surface area contributed by atoms with E-state index in [0.717, 1.165) is 18.7 Å². The second-order valence-electron chi connectivity index (χ2n) is 4.84. The summed E-state index contributed by atoms with van der Waals surface area (Å²) < 4.78 is 5.38. The third-order valence-electron chi connectivity index (χ3n) is 3.43. The molecule has 2 heterocycles. The Morgan fingerprint density at radius 2 is 2.27 bits per heavy atom. The molecular formula is C12H18N2O. The maximum atomic E-state index is 5.38. The van der Waals surface area contributed by atoms with Crippen molar-refractivity contribution in [2.45, 2.75) is 50.5 Å². The number of piperidine rings is 1. The fourth-order valence-electron chi connectivity index (χ4n) is 2.34. The number of hydrogen-bond acceptors (Lipinski definition) is 3. The lowest BCUT2D eigenvalue weighted by Crippen LogP contribution is -2.35. The van der Waals surface area contributed by atoms with Crippen molar-refractivity contribution in [3.05, 3.63) is 17.5 Å². The Kier molecular flexibility index (Phi) is 2.49. The van der Waals surface area contributed by atoms with Gasteiger partial charge in [-0.05, 0) is 32.2 Å². The number of nitrogens with one attached hydrogen (secondary N) is 1. The Morgan fingerprint density at radius 3 is 3.00 bits per heavy atom. The van der Waals surface area contributed by atoms with Gasteiger partial charge in [0.25, 0.3) is 0 Å². The zero-order chi connectivity index (χ0) is 10.1. The number of hydrogen-bond donors (Lipinski definition) is 1. The smallest absolute Gasteiger partial charge is 0.138 e. The van der Waals surface area contributed by atoms with Gasteiger partial charge in [-0.15, -0.1) is 0 Å². The Labute approximate surface area is 90.2 Å². The first-order valence-electron chi connectivity index (χ1n) is 6.11. The van der Waals surface area contributed by atoms with Crippen LogP contribution in [-0.2, 0) is 6.42 Å². The van der Waals surface area contributed by atoms with Gasteiger partial charge >= 0.3 is 0 Å². The van der Waals surface area contributed by atoms with Crippen LogP contribution in [0.2, 0.25) is 0 Å². The van der Waals surface area contributed by atoms with Crippen LogP contribution in [-0.4, -0.2) is 17.7 Å². The summed E-state index contributed by atoms with van der Waals surface area (Å²) in [7, 11) is 0. The molecule has 1 aromatic heterocycles. The summed E-state index contributed by atoms with van der Waals surface area (Å²) in [5.74, 6) is 1.78. The quantitative estimate of drug-likeness (QED) is 0.824. The minimum Gasteiger partial charge on any atom is -0.361 e. The van der Waals surface area contributed by atoms with Crippen molar-refractivity contribution < 1.29 is 4.52 Å². The summed E-state index contributed by atoms with van der Waals surface area (Å²) in [6.07, 6.45) is 7.56. The molecule has 0 amide bonds. The molecule has 1 unspecified atom stereocenters. The average molecular weight is 206 g/mol. The molecule has 3 nitrogen and oxygen atoms in total. The predicted octanol–water partition coefficient (Wildman–Crippen LogP) is 2.24. The molecule has 1 aromatic rings. The van der Waals surface area contributed by atoms with Crippen molar-refractivity contribution in [1.82, 2.24) is 10.5 Å². The van der Waals surface area contributed by atoms with Crippen molar-refractivity contribution in [2.75, 3.05) is 6.54 Å². The van der Waals surface area contributed by atoms with Crippen LogP contribution >= 0.6 is 0 Å². The van der Waals surface area contributed by atoms with Crippen LogP contribution in [0, 0.1) is 0 Å². The van der Waals surface area contributed by atoms with Crippen LogP contribution in [0.1, 0.15) is 49.5 Å². The highest BCUT2D eigenvalue weighted by atomic mass is 16.5. The second-order valence-corrected chi connectivity index (χ2v) is 4.84. The molecule has 1 atom stereocenters. The zero-order valence-corrected chi connectivity index (χ0v) is 9.04. The average Bonchev–Trinajstić information content (AvgIpc) is 3.02. The summed E-state index contributed by atoms with van der Waals surface area (Å²) in [6, 6.07) is 2.77. The number of nitrogens with zero attached hydrogens (tertiary/aromatic N) is 1. The molecule has 0 radical (unpaired) electrons. The van der Waals surface area contributed by atoms with Gasteiger partial charge in [-0.1, -0.05) is 11.6 Å². The summed E-state index contributed by atoms with van der Waals surface area (Å²) >= 11 is 0. The van der Waals surface area contributed by atoms with Gasteiger partial charge in [0.2, 0.25) is 0 Å². The monoisotopic (exact) mass is 206 g/mol. The van der Waals surface area contributed by atoms with Crippen LogP contribution in [0.4, 0.5) is 0 Å². The summed E-state index contributed by atoms with van der Waals surface area (Å²) in [4.78, 5) is 0. The van der Waals surface area contributed by atoms with Crippen molar-refractivity contribution >= 4 is 0 Å². The van der Waals surface area contributed by atoms with Crippen LogP contribution in [0.5, 0.6) is 0 Å². The van der Waals surface area contributed by atoms with Crippen molar-refractivity contribution in [3.8, 4) is 0 Å². The highest BCUT2D eigenvalue weighted by molar-refractivity contribution is 5.16. The van der Waals surface area contributed by atoms with Gasteiger partial charge in [-0.25, -0.2) is 0 Å². The van der Waals surface area contributed by atoms with Gasteiger partial charge in [0.15, 0.2) is 0 Å². The SMILES string of the molecule is c1c(C2CC2)noc1CC1CCCCN1. The zero-order valence-electron chi connectivity index (χ0n) is 9.04. The van der Waals surface area contributed by atoms with Crippen molar-refractivity contribution in [3.63, 3.8) is 0 Å². The first kappa shape index (κ1) is 9.40. The Balaban J connectivity index is 1.60. The van der Waals surface area contributed by atoms with E-state index in [1.54, 1.807) is 0 Å². The van der Waals surface area contributed by atoms with E-state index in [-0.39, 0.29) is 0 Å². The Morgan fingerprint density at radius 1 is 1.33 bits per heavy atom. The van der Waals surface area contributed by atoms with E-state index in [0.29, 0.717) is 12.0 Å². The molecule has 0 aromatic carbocycles. The molecule has 1 saturated carbocycles. The third-order valence-corrected chi connectivity index (χ3v) is 3.43. The van der Waals surface area contributed by atoms with Crippen LogP contribution in [0.15, 0.2) is 10.6 Å². The van der Waals surface area contributed by atoms with E-state index in [2.05, 4.69) is 16.5 Å². The molecule has 1 N–H and O–H groups in total. The van der Waals surface area contributed by atoms with Crippen LogP contribution in [0.3, 0.4) is 0 Å². The normalized spacial score (nSPS) is 26.8. The molecule has 1 aliphatic heterocycles. The first-order chi connectivity index (χ1) is 7.42. The summed E-state index contributed by atoms with van der Waals surface area (Å²) in [6.45, 7) is 1.16. The van der Waals surface area contributed by atoms with Gasteiger partial charge in [-0.2, -0.15) is 0 Å². The lowest BCUT2D eigenvalue weighted by molar-refractivity contribution is 0.334. The van der Waals surface area contributed by atoms with E-state index in [4.69, 9.17) is 4.52 Å². The summed E-state index contributed by atoms with van der Waals surface area (Å²) in [5.41, 5.74) is 1.18. The minimum absolute atomic E-state index is 0.610. The fraction of sp³-hybridized carbons (Fsp3) is 0.750. The minimum atomic E-state index is 0.610. The molecule has 1 aliphatic carbocycles. The van der Waals surface area contributed by atoms with E-state index < -0.39 is 0 Å². The molecule has 0 spiro atoms. The number of aromatic nitrogens is 1. The molecule has 3 heteroatoms. The molecule has 2 fully saturated rings. The number of rotatable bonds is 3. The van der Waals surface area contributed by atoms with E-state index in [1.165, 1.54) is 37.8 Å². The second kappa shape index (κ2) is 3.97. The fourth-order valence-corrected chi connectivity index (χ4v) is 2.34. The lowest BCUT2D eigenvalue weighted by Gasteiger charge is -2.21. The van der Waals surface area contributed by atoms with E-state index >= 15 is 0 Å². The standard InChI is InChI=1S/C12H18N2O/c1-2-6-13-10(3-1)7-11-8-12(14-15-11)9-4-5-9/h8-10,13H,1-7H2. The van der Waals surface area contributed by atoms with E-state index in [1.807, 2.05) is 0 Å². The first-order valence-corrected chi connectivity index (χ1v) is 6.11. The topological polar surface area (TPSA) is 38.1 Å². The molecular weight excluding hydrogens is 188 g/mol. The highest BCUT2D eigenvalue weighted by Crippen LogP contribution is 2.39. The maximum absolute atomic E-state index is 5.38. The Bertz CT molecular complexity index is 324. The van der Waals surface area contributed by atoms with Crippen molar-refractivity contribution in [1.29, 1.82) is 0 Å². The van der Waals surface area contributed by atoms with Crippen LogP contribution in [0.25, 0.3) is 0 Å². The largest absolute Gasteiger partial charge is 0.361 e. The van der Waals surface area contributed by atoms with Gasteiger partial charge < -0.3 is 9.84 Å². The maximum Gasteiger partial charge on any atom is 0.138 e. The Hall–Kier alpha value is -0.830. The van der Waals surface area contributed by atoms with Gasteiger partial charge in [0.05, 0.1) is 5.69 Å². The molecule has 0 bridgehead atoms. The van der Waals surface area contributed by atoms with Crippen LogP contribution < -0.4 is 5.32 Å². The molecule has 1 saturated heterocycles. The predicted molar refractivity (Wildman–Crippen MR) is 57.8 cm³/mol. The molecule has 15 heavy (non-hydrogen) atoms.